The number of thiophene rings is 1. The number of anilines is 1. The van der Waals surface area contributed by atoms with Crippen molar-refractivity contribution in [1.82, 2.24) is 9.71 Å². The smallest absolute Gasteiger partial charge is 0.325 e. The molecule has 0 radical (unpaired) electrons. The number of benzene rings is 1. The molecule has 2 heterocycles. The SMILES string of the molecule is CN(C)c1cccc(C2CC2(NS(=O)(=O)c2ccc(-c3ccc(Cl)cn3)s2)C(=O)O)c1. The molecule has 7 nitrogen and oxygen atoms in total. The van der Waals surface area contributed by atoms with Gasteiger partial charge in [-0.05, 0) is 48.4 Å². The molecular weight excluding hydrogens is 458 g/mol. The minimum absolute atomic E-state index is 0.0348. The van der Waals surface area contributed by atoms with Crippen molar-refractivity contribution < 1.29 is 18.3 Å². The number of halogens is 1. The van der Waals surface area contributed by atoms with E-state index in [1.54, 1.807) is 18.2 Å². The molecule has 1 aromatic carbocycles. The number of hydrogen-bond acceptors (Lipinski definition) is 6. The minimum Gasteiger partial charge on any atom is -0.480 e. The monoisotopic (exact) mass is 477 g/mol. The molecule has 2 N–H and O–H groups in total. The summed E-state index contributed by atoms with van der Waals surface area (Å²) in [5, 5.41) is 10.4. The number of carboxylic acid groups (broad SMARTS) is 1. The highest BCUT2D eigenvalue weighted by Crippen LogP contribution is 2.53. The van der Waals surface area contributed by atoms with Gasteiger partial charge in [0.25, 0.3) is 10.0 Å². The third-order valence-electron chi connectivity index (χ3n) is 5.27. The molecule has 1 aliphatic carbocycles. The van der Waals surface area contributed by atoms with Crippen LogP contribution >= 0.6 is 22.9 Å². The maximum atomic E-state index is 13.0. The Morgan fingerprint density at radius 1 is 1.26 bits per heavy atom. The lowest BCUT2D eigenvalue weighted by atomic mass is 10.1. The molecule has 2 atom stereocenters. The molecule has 31 heavy (non-hydrogen) atoms. The molecule has 1 saturated carbocycles. The second kappa shape index (κ2) is 7.90. The Bertz CT molecular complexity index is 1240. The van der Waals surface area contributed by atoms with Crippen LogP contribution < -0.4 is 9.62 Å². The lowest BCUT2D eigenvalue weighted by Gasteiger charge is -2.17. The summed E-state index contributed by atoms with van der Waals surface area (Å²) in [6.45, 7) is 0. The van der Waals surface area contributed by atoms with Gasteiger partial charge in [-0.2, -0.15) is 4.72 Å². The van der Waals surface area contributed by atoms with Crippen LogP contribution in [0.2, 0.25) is 5.02 Å². The van der Waals surface area contributed by atoms with Crippen molar-refractivity contribution in [3.05, 3.63) is 65.3 Å². The second-order valence-corrected chi connectivity index (χ2v) is 11.0. The summed E-state index contributed by atoms with van der Waals surface area (Å²) in [7, 11) is -0.256. The van der Waals surface area contributed by atoms with Gasteiger partial charge >= 0.3 is 5.97 Å². The molecular formula is C21H20ClN3O4S2. The number of carbonyl (C=O) groups is 1. The van der Waals surface area contributed by atoms with E-state index in [-0.39, 0.29) is 10.6 Å². The number of nitrogens with zero attached hydrogens (tertiary/aromatic N) is 2. The fourth-order valence-electron chi connectivity index (χ4n) is 3.49. The normalized spacial score (nSPS) is 20.4. The maximum absolute atomic E-state index is 13.0. The number of rotatable bonds is 7. The van der Waals surface area contributed by atoms with Crippen molar-refractivity contribution >= 4 is 44.6 Å². The first-order chi connectivity index (χ1) is 14.6. The zero-order valence-corrected chi connectivity index (χ0v) is 19.1. The summed E-state index contributed by atoms with van der Waals surface area (Å²) in [6.07, 6.45) is 1.68. The van der Waals surface area contributed by atoms with Crippen LogP contribution in [0.1, 0.15) is 17.9 Å². The van der Waals surface area contributed by atoms with Crippen LogP contribution in [0.15, 0.2) is 58.9 Å². The van der Waals surface area contributed by atoms with E-state index in [0.29, 0.717) is 15.6 Å². The van der Waals surface area contributed by atoms with E-state index in [4.69, 9.17) is 11.6 Å². The van der Waals surface area contributed by atoms with E-state index in [1.807, 2.05) is 43.3 Å². The largest absolute Gasteiger partial charge is 0.480 e. The van der Waals surface area contributed by atoms with Gasteiger partial charge < -0.3 is 10.0 Å². The van der Waals surface area contributed by atoms with Crippen molar-refractivity contribution in [3.63, 3.8) is 0 Å². The number of sulfonamides is 1. The third kappa shape index (κ3) is 4.18. The summed E-state index contributed by atoms with van der Waals surface area (Å²) in [4.78, 5) is 18.9. The topological polar surface area (TPSA) is 99.6 Å². The first kappa shape index (κ1) is 21.8. The highest BCUT2D eigenvalue weighted by Gasteiger charge is 2.63. The molecule has 0 bridgehead atoms. The molecule has 10 heteroatoms. The van der Waals surface area contributed by atoms with Crippen LogP contribution in [0.4, 0.5) is 5.69 Å². The van der Waals surface area contributed by atoms with Gasteiger partial charge in [0.1, 0.15) is 9.75 Å². The molecule has 1 aliphatic rings. The molecule has 0 aliphatic heterocycles. The highest BCUT2D eigenvalue weighted by atomic mass is 35.5. The number of aromatic nitrogens is 1. The maximum Gasteiger partial charge on any atom is 0.325 e. The van der Waals surface area contributed by atoms with Crippen LogP contribution in [0.25, 0.3) is 10.6 Å². The van der Waals surface area contributed by atoms with E-state index < -0.39 is 27.4 Å². The summed E-state index contributed by atoms with van der Waals surface area (Å²) in [5.41, 5.74) is 0.735. The van der Waals surface area contributed by atoms with E-state index in [2.05, 4.69) is 9.71 Å². The Morgan fingerprint density at radius 3 is 2.68 bits per heavy atom. The van der Waals surface area contributed by atoms with Gasteiger partial charge in [-0.25, -0.2) is 8.42 Å². The van der Waals surface area contributed by atoms with Crippen molar-refractivity contribution in [2.45, 2.75) is 22.1 Å². The van der Waals surface area contributed by atoms with Crippen molar-refractivity contribution in [2.75, 3.05) is 19.0 Å². The van der Waals surface area contributed by atoms with Crippen LogP contribution in [-0.4, -0.2) is 44.1 Å². The van der Waals surface area contributed by atoms with Crippen LogP contribution in [0.5, 0.6) is 0 Å². The predicted molar refractivity (Wildman–Crippen MR) is 121 cm³/mol. The predicted octanol–water partition coefficient (Wildman–Crippen LogP) is 3.82. The molecule has 0 saturated heterocycles. The minimum atomic E-state index is -4.04. The van der Waals surface area contributed by atoms with Crippen LogP contribution in [-0.2, 0) is 14.8 Å². The van der Waals surface area contributed by atoms with Gasteiger partial charge in [0, 0.05) is 31.9 Å². The zero-order valence-electron chi connectivity index (χ0n) is 16.7. The van der Waals surface area contributed by atoms with Crippen molar-refractivity contribution in [1.29, 1.82) is 0 Å². The lowest BCUT2D eigenvalue weighted by molar-refractivity contribution is -0.140. The average molecular weight is 478 g/mol. The summed E-state index contributed by atoms with van der Waals surface area (Å²) in [5.74, 6) is -1.63. The van der Waals surface area contributed by atoms with E-state index >= 15 is 0 Å². The zero-order chi connectivity index (χ0) is 22.4. The van der Waals surface area contributed by atoms with Crippen LogP contribution in [0.3, 0.4) is 0 Å². The number of nitrogens with one attached hydrogen (secondary N) is 1. The molecule has 2 aromatic heterocycles. The average Bonchev–Trinajstić information content (AvgIpc) is 3.22. The molecule has 162 valence electrons. The van der Waals surface area contributed by atoms with Gasteiger partial charge in [0.05, 0.1) is 15.6 Å². The lowest BCUT2D eigenvalue weighted by Crippen LogP contribution is -2.44. The Balaban J connectivity index is 1.60. The molecule has 3 aromatic rings. The van der Waals surface area contributed by atoms with Crippen LogP contribution in [0, 0.1) is 0 Å². The Labute approximate surface area is 189 Å². The van der Waals surface area contributed by atoms with Gasteiger partial charge in [-0.3, -0.25) is 9.78 Å². The summed E-state index contributed by atoms with van der Waals surface area (Å²) < 4.78 is 28.6. The Morgan fingerprint density at radius 2 is 2.03 bits per heavy atom. The molecule has 2 unspecified atom stereocenters. The van der Waals surface area contributed by atoms with Crippen molar-refractivity contribution in [2.24, 2.45) is 0 Å². The summed E-state index contributed by atoms with van der Waals surface area (Å²) >= 11 is 6.88. The van der Waals surface area contributed by atoms with E-state index in [0.717, 1.165) is 22.6 Å². The van der Waals surface area contributed by atoms with E-state index in [1.165, 1.54) is 12.3 Å². The first-order valence-corrected chi connectivity index (χ1v) is 12.1. The standard InChI is InChI=1S/C21H20ClN3O4S2/c1-25(2)15-5-3-4-13(10-15)16-11-21(16,20(26)27)24-31(28,29)19-9-8-18(30-19)17-7-6-14(22)12-23-17/h3-10,12,16,24H,11H2,1-2H3,(H,26,27). The Kier molecular flexibility index (Phi) is 5.55. The number of pyridine rings is 1. The van der Waals surface area contributed by atoms with E-state index in [9.17, 15) is 18.3 Å². The van der Waals surface area contributed by atoms with Gasteiger partial charge in [-0.15, -0.1) is 11.3 Å². The number of carboxylic acids is 1. The molecule has 4 rings (SSSR count). The molecule has 1 fully saturated rings. The quantitative estimate of drug-likeness (QED) is 0.536. The highest BCUT2D eigenvalue weighted by molar-refractivity contribution is 7.91. The number of aliphatic carboxylic acids is 1. The molecule has 0 spiro atoms. The fourth-order valence-corrected chi connectivity index (χ4v) is 6.29. The fraction of sp³-hybridized carbons (Fsp3) is 0.238. The first-order valence-electron chi connectivity index (χ1n) is 9.39. The number of hydrogen-bond donors (Lipinski definition) is 2. The van der Waals surface area contributed by atoms with Gasteiger partial charge in [-0.1, -0.05) is 23.7 Å². The summed E-state index contributed by atoms with van der Waals surface area (Å²) in [6, 6.07) is 13.9. The molecule has 0 amide bonds. The van der Waals surface area contributed by atoms with Crippen molar-refractivity contribution in [3.8, 4) is 10.6 Å². The van der Waals surface area contributed by atoms with Gasteiger partial charge in [0.2, 0.25) is 0 Å². The third-order valence-corrected chi connectivity index (χ3v) is 8.61. The Hall–Kier alpha value is -2.46. The second-order valence-electron chi connectivity index (χ2n) is 7.61. The van der Waals surface area contributed by atoms with Gasteiger partial charge in [0.15, 0.2) is 0 Å².